The maximum absolute atomic E-state index is 11.7. The lowest BCUT2D eigenvalue weighted by molar-refractivity contribution is 0.0507. The zero-order valence-electron chi connectivity index (χ0n) is 15.0. The molecule has 1 fully saturated rings. The first kappa shape index (κ1) is 19.2. The quantitative estimate of drug-likeness (QED) is 0.705. The molecule has 1 rings (SSSR count). The van der Waals surface area contributed by atoms with E-state index in [0.717, 1.165) is 19.5 Å². The molecular weight excluding hydrogens is 278 g/mol. The Labute approximate surface area is 135 Å². The topological polar surface area (TPSA) is 62.4 Å². The van der Waals surface area contributed by atoms with Crippen LogP contribution in [-0.4, -0.2) is 42.9 Å². The first-order valence-corrected chi connectivity index (χ1v) is 8.72. The van der Waals surface area contributed by atoms with Gasteiger partial charge < -0.3 is 20.7 Å². The third-order valence-corrected chi connectivity index (χ3v) is 3.84. The fourth-order valence-electron chi connectivity index (χ4n) is 2.75. The summed E-state index contributed by atoms with van der Waals surface area (Å²) in [6.07, 6.45) is 6.05. The summed E-state index contributed by atoms with van der Waals surface area (Å²) < 4.78 is 5.26. The molecule has 0 aromatic heterocycles. The Kier molecular flexibility index (Phi) is 8.18. The summed E-state index contributed by atoms with van der Waals surface area (Å²) in [7, 11) is 0. The van der Waals surface area contributed by atoms with Crippen molar-refractivity contribution in [2.45, 2.75) is 90.4 Å². The van der Waals surface area contributed by atoms with Crippen molar-refractivity contribution in [3.05, 3.63) is 0 Å². The predicted molar refractivity (Wildman–Crippen MR) is 91.2 cm³/mol. The molecule has 0 aliphatic carbocycles. The van der Waals surface area contributed by atoms with E-state index >= 15 is 0 Å². The smallest absolute Gasteiger partial charge is 0.407 e. The molecule has 1 saturated heterocycles. The monoisotopic (exact) mass is 313 g/mol. The van der Waals surface area contributed by atoms with Gasteiger partial charge in [0.1, 0.15) is 5.60 Å². The van der Waals surface area contributed by atoms with Gasteiger partial charge in [0.25, 0.3) is 0 Å². The summed E-state index contributed by atoms with van der Waals surface area (Å²) in [4.78, 5) is 11.7. The van der Waals surface area contributed by atoms with E-state index in [0.29, 0.717) is 12.1 Å². The van der Waals surface area contributed by atoms with Gasteiger partial charge in [-0.25, -0.2) is 4.79 Å². The highest BCUT2D eigenvalue weighted by Gasteiger charge is 2.18. The molecule has 1 aliphatic heterocycles. The standard InChI is InChI=1S/C17H35N3O2/c1-13(11-15-9-7-6-8-10-18-15)19-12-14(2)20-16(21)22-17(3,4)5/h13-15,18-19H,6-12H2,1-5H3,(H,20,21). The van der Waals surface area contributed by atoms with Gasteiger partial charge in [-0.05, 0) is 60.4 Å². The number of hydrogen-bond acceptors (Lipinski definition) is 4. The number of ether oxygens (including phenoxy) is 1. The molecule has 3 unspecified atom stereocenters. The van der Waals surface area contributed by atoms with Crippen LogP contribution in [0, 0.1) is 0 Å². The molecule has 1 aliphatic rings. The van der Waals surface area contributed by atoms with Crippen LogP contribution in [-0.2, 0) is 4.74 Å². The lowest BCUT2D eigenvalue weighted by Crippen LogP contribution is -2.45. The van der Waals surface area contributed by atoms with Gasteiger partial charge in [-0.1, -0.05) is 12.8 Å². The van der Waals surface area contributed by atoms with Crippen LogP contribution < -0.4 is 16.0 Å². The lowest BCUT2D eigenvalue weighted by Gasteiger charge is -2.24. The molecule has 5 nitrogen and oxygen atoms in total. The summed E-state index contributed by atoms with van der Waals surface area (Å²) in [5.74, 6) is 0. The van der Waals surface area contributed by atoms with E-state index in [1.165, 1.54) is 25.7 Å². The summed E-state index contributed by atoms with van der Waals surface area (Å²) in [5.41, 5.74) is -0.449. The molecule has 1 heterocycles. The van der Waals surface area contributed by atoms with Crippen molar-refractivity contribution in [2.24, 2.45) is 0 Å². The summed E-state index contributed by atoms with van der Waals surface area (Å²) >= 11 is 0. The Hall–Kier alpha value is -0.810. The summed E-state index contributed by atoms with van der Waals surface area (Å²) in [5, 5.41) is 10.0. The van der Waals surface area contributed by atoms with Gasteiger partial charge in [-0.15, -0.1) is 0 Å². The summed E-state index contributed by atoms with van der Waals surface area (Å²) in [6, 6.07) is 1.12. The van der Waals surface area contributed by atoms with Crippen molar-refractivity contribution in [3.63, 3.8) is 0 Å². The Balaban J connectivity index is 2.19. The van der Waals surface area contributed by atoms with Gasteiger partial charge in [-0.3, -0.25) is 0 Å². The molecule has 0 bridgehead atoms. The predicted octanol–water partition coefficient (Wildman–Crippen LogP) is 2.80. The molecule has 1 amide bonds. The average molecular weight is 313 g/mol. The molecule has 3 N–H and O–H groups in total. The number of alkyl carbamates (subject to hydrolysis) is 1. The second-order valence-corrected chi connectivity index (χ2v) is 7.59. The second-order valence-electron chi connectivity index (χ2n) is 7.59. The fourth-order valence-corrected chi connectivity index (χ4v) is 2.75. The zero-order chi connectivity index (χ0) is 16.6. The highest BCUT2D eigenvalue weighted by Crippen LogP contribution is 2.12. The molecule has 22 heavy (non-hydrogen) atoms. The first-order valence-electron chi connectivity index (χ1n) is 8.72. The largest absolute Gasteiger partial charge is 0.444 e. The Bertz CT molecular complexity index is 320. The van der Waals surface area contributed by atoms with Crippen LogP contribution in [0.3, 0.4) is 0 Å². The summed E-state index contributed by atoms with van der Waals surface area (Å²) in [6.45, 7) is 11.7. The van der Waals surface area contributed by atoms with E-state index < -0.39 is 5.60 Å². The minimum absolute atomic E-state index is 0.0550. The van der Waals surface area contributed by atoms with Crippen LogP contribution >= 0.6 is 0 Å². The molecular formula is C17H35N3O2. The highest BCUT2D eigenvalue weighted by molar-refractivity contribution is 5.68. The maximum atomic E-state index is 11.7. The molecule has 130 valence electrons. The first-order chi connectivity index (χ1) is 10.3. The van der Waals surface area contributed by atoms with Crippen molar-refractivity contribution in [1.82, 2.24) is 16.0 Å². The van der Waals surface area contributed by atoms with Gasteiger partial charge >= 0.3 is 6.09 Å². The number of carbonyl (C=O) groups excluding carboxylic acids is 1. The lowest BCUT2D eigenvalue weighted by atomic mass is 10.0. The van der Waals surface area contributed by atoms with Crippen LogP contribution in [0.25, 0.3) is 0 Å². The van der Waals surface area contributed by atoms with Crippen molar-refractivity contribution < 1.29 is 9.53 Å². The number of hydrogen-bond donors (Lipinski definition) is 3. The molecule has 0 saturated carbocycles. The van der Waals surface area contributed by atoms with E-state index in [-0.39, 0.29) is 12.1 Å². The van der Waals surface area contributed by atoms with Gasteiger partial charge in [0.15, 0.2) is 0 Å². The van der Waals surface area contributed by atoms with Crippen molar-refractivity contribution in [3.8, 4) is 0 Å². The molecule has 0 aromatic rings. The van der Waals surface area contributed by atoms with E-state index in [4.69, 9.17) is 4.74 Å². The van der Waals surface area contributed by atoms with Crippen molar-refractivity contribution >= 4 is 6.09 Å². The average Bonchev–Trinajstić information content (AvgIpc) is 2.62. The van der Waals surface area contributed by atoms with Crippen molar-refractivity contribution in [2.75, 3.05) is 13.1 Å². The van der Waals surface area contributed by atoms with Crippen molar-refractivity contribution in [1.29, 1.82) is 0 Å². The van der Waals surface area contributed by atoms with Gasteiger partial charge in [0, 0.05) is 24.7 Å². The highest BCUT2D eigenvalue weighted by atomic mass is 16.6. The van der Waals surface area contributed by atoms with Crippen LogP contribution in [0.15, 0.2) is 0 Å². The third-order valence-electron chi connectivity index (χ3n) is 3.84. The van der Waals surface area contributed by atoms with Crippen LogP contribution in [0.5, 0.6) is 0 Å². The molecule has 0 aromatic carbocycles. The molecule has 3 atom stereocenters. The SMILES string of the molecule is CC(CC1CCCCCN1)NCC(C)NC(=O)OC(C)(C)C. The molecule has 0 spiro atoms. The minimum atomic E-state index is -0.449. The Morgan fingerprint density at radius 2 is 1.95 bits per heavy atom. The van der Waals surface area contributed by atoms with E-state index in [1.54, 1.807) is 0 Å². The molecule has 0 radical (unpaired) electrons. The number of rotatable bonds is 6. The van der Waals surface area contributed by atoms with Gasteiger partial charge in [0.05, 0.1) is 0 Å². The van der Waals surface area contributed by atoms with Gasteiger partial charge in [-0.2, -0.15) is 0 Å². The molecule has 5 heteroatoms. The Morgan fingerprint density at radius 1 is 1.23 bits per heavy atom. The maximum Gasteiger partial charge on any atom is 0.407 e. The van der Waals surface area contributed by atoms with E-state index in [2.05, 4.69) is 22.9 Å². The van der Waals surface area contributed by atoms with Crippen LogP contribution in [0.1, 0.15) is 66.7 Å². The number of amides is 1. The van der Waals surface area contributed by atoms with Crippen LogP contribution in [0.2, 0.25) is 0 Å². The second kappa shape index (κ2) is 9.36. The van der Waals surface area contributed by atoms with Gasteiger partial charge in [0.2, 0.25) is 0 Å². The normalized spacial score (nSPS) is 22.5. The third kappa shape index (κ3) is 9.26. The zero-order valence-corrected chi connectivity index (χ0v) is 15.0. The van der Waals surface area contributed by atoms with E-state index in [1.807, 2.05) is 27.7 Å². The van der Waals surface area contributed by atoms with Crippen LogP contribution in [0.4, 0.5) is 4.79 Å². The fraction of sp³-hybridized carbons (Fsp3) is 0.941. The van der Waals surface area contributed by atoms with E-state index in [9.17, 15) is 4.79 Å². The number of nitrogens with one attached hydrogen (secondary N) is 3. The minimum Gasteiger partial charge on any atom is -0.444 e. The Morgan fingerprint density at radius 3 is 2.64 bits per heavy atom. The number of carbonyl (C=O) groups is 1.